The van der Waals surface area contributed by atoms with E-state index in [0.29, 0.717) is 5.69 Å². The highest BCUT2D eigenvalue weighted by Gasteiger charge is 2.15. The highest BCUT2D eigenvalue weighted by Crippen LogP contribution is 2.20. The number of carboxylic acid groups (broad SMARTS) is 1. The molecule has 2 aromatic carbocycles. The van der Waals surface area contributed by atoms with Crippen molar-refractivity contribution in [3.63, 3.8) is 0 Å². The summed E-state index contributed by atoms with van der Waals surface area (Å²) in [4.78, 5) is 34.0. The largest absolute Gasteiger partial charge is 0.478 e. The minimum absolute atomic E-state index is 0.0223. The van der Waals surface area contributed by atoms with Gasteiger partial charge in [0.25, 0.3) is 0 Å². The van der Waals surface area contributed by atoms with Crippen molar-refractivity contribution in [3.05, 3.63) is 59.7 Å². The molecule has 0 heterocycles. The quantitative estimate of drug-likeness (QED) is 0.668. The summed E-state index contributed by atoms with van der Waals surface area (Å²) >= 11 is 0. The zero-order chi connectivity index (χ0) is 16.1. The van der Waals surface area contributed by atoms with E-state index in [9.17, 15) is 14.4 Å². The van der Waals surface area contributed by atoms with Gasteiger partial charge in [0.2, 0.25) is 5.91 Å². The molecule has 112 valence electrons. The highest BCUT2D eigenvalue weighted by molar-refractivity contribution is 5.96. The first-order valence-electron chi connectivity index (χ1n) is 6.39. The van der Waals surface area contributed by atoms with E-state index in [0.717, 1.165) is 0 Å². The number of rotatable bonds is 4. The van der Waals surface area contributed by atoms with E-state index < -0.39 is 11.9 Å². The molecule has 0 aliphatic carbocycles. The predicted molar refractivity (Wildman–Crippen MR) is 79.1 cm³/mol. The summed E-state index contributed by atoms with van der Waals surface area (Å²) in [6.07, 6.45) is 0. The van der Waals surface area contributed by atoms with Crippen molar-refractivity contribution in [2.45, 2.75) is 6.92 Å². The molecule has 6 heteroatoms. The van der Waals surface area contributed by atoms with Crippen LogP contribution in [0.25, 0.3) is 0 Å². The van der Waals surface area contributed by atoms with E-state index in [1.54, 1.807) is 24.3 Å². The van der Waals surface area contributed by atoms with Crippen LogP contribution in [0.1, 0.15) is 27.6 Å². The average molecular weight is 299 g/mol. The number of para-hydroxylation sites is 1. The van der Waals surface area contributed by atoms with Gasteiger partial charge in [0.05, 0.1) is 5.56 Å². The number of carboxylic acids is 1. The maximum Gasteiger partial charge on any atom is 0.343 e. The van der Waals surface area contributed by atoms with Gasteiger partial charge in [-0.1, -0.05) is 12.1 Å². The molecule has 6 nitrogen and oxygen atoms in total. The normalized spacial score (nSPS) is 9.86. The first-order valence-corrected chi connectivity index (χ1v) is 6.39. The lowest BCUT2D eigenvalue weighted by Crippen LogP contribution is -2.12. The lowest BCUT2D eigenvalue weighted by Gasteiger charge is -2.08. The smallest absolute Gasteiger partial charge is 0.343 e. The van der Waals surface area contributed by atoms with Crippen molar-refractivity contribution in [1.29, 1.82) is 0 Å². The number of ether oxygens (including phenoxy) is 1. The molecule has 0 aliphatic rings. The third kappa shape index (κ3) is 3.69. The van der Waals surface area contributed by atoms with Gasteiger partial charge in [0.15, 0.2) is 0 Å². The number of esters is 1. The lowest BCUT2D eigenvalue weighted by atomic mass is 10.2. The third-order valence-electron chi connectivity index (χ3n) is 2.76. The number of aromatic carboxylic acids is 1. The van der Waals surface area contributed by atoms with Crippen LogP contribution in [-0.4, -0.2) is 23.0 Å². The van der Waals surface area contributed by atoms with Gasteiger partial charge in [-0.05, 0) is 36.4 Å². The summed E-state index contributed by atoms with van der Waals surface area (Å²) in [5.41, 5.74) is 0.704. The maximum atomic E-state index is 12.0. The molecule has 0 spiro atoms. The number of carbonyl (C=O) groups is 3. The molecule has 1 amide bonds. The van der Waals surface area contributed by atoms with Gasteiger partial charge in [-0.25, -0.2) is 9.59 Å². The van der Waals surface area contributed by atoms with Crippen LogP contribution in [0.5, 0.6) is 5.75 Å². The molecule has 0 radical (unpaired) electrons. The predicted octanol–water partition coefficient (Wildman–Crippen LogP) is 2.56. The molecule has 2 N–H and O–H groups in total. The van der Waals surface area contributed by atoms with Crippen LogP contribution in [0.2, 0.25) is 0 Å². The second-order valence-electron chi connectivity index (χ2n) is 4.45. The Kier molecular flexibility index (Phi) is 4.53. The van der Waals surface area contributed by atoms with Crippen molar-refractivity contribution in [1.82, 2.24) is 0 Å². The summed E-state index contributed by atoms with van der Waals surface area (Å²) in [5, 5.41) is 11.6. The molecule has 0 bridgehead atoms. The Labute approximate surface area is 126 Å². The van der Waals surface area contributed by atoms with Gasteiger partial charge in [-0.15, -0.1) is 0 Å². The summed E-state index contributed by atoms with van der Waals surface area (Å²) in [6, 6.07) is 12.0. The average Bonchev–Trinajstić information content (AvgIpc) is 2.47. The SMILES string of the molecule is CC(=O)Nc1ccc(C(=O)Oc2ccccc2C(=O)O)cc1. The van der Waals surface area contributed by atoms with Crippen LogP contribution in [0.15, 0.2) is 48.5 Å². The Bertz CT molecular complexity index is 722. The van der Waals surface area contributed by atoms with Gasteiger partial charge in [0, 0.05) is 12.6 Å². The maximum absolute atomic E-state index is 12.0. The molecule has 2 aromatic rings. The fourth-order valence-corrected chi connectivity index (χ4v) is 1.78. The molecular weight excluding hydrogens is 286 g/mol. The standard InChI is InChI=1S/C16H13NO5/c1-10(18)17-12-8-6-11(7-9-12)16(21)22-14-5-3-2-4-13(14)15(19)20/h2-9H,1H3,(H,17,18)(H,19,20). The van der Waals surface area contributed by atoms with Gasteiger partial charge in [0.1, 0.15) is 11.3 Å². The molecule has 0 aromatic heterocycles. The third-order valence-corrected chi connectivity index (χ3v) is 2.76. The van der Waals surface area contributed by atoms with Crippen molar-refractivity contribution in [2.24, 2.45) is 0 Å². The minimum Gasteiger partial charge on any atom is -0.478 e. The fraction of sp³-hybridized carbons (Fsp3) is 0.0625. The van der Waals surface area contributed by atoms with Gasteiger partial charge in [-0.2, -0.15) is 0 Å². The Balaban J connectivity index is 2.16. The zero-order valence-electron chi connectivity index (χ0n) is 11.7. The molecular formula is C16H13NO5. The van der Waals surface area contributed by atoms with Crippen LogP contribution in [0.3, 0.4) is 0 Å². The van der Waals surface area contributed by atoms with Crippen molar-refractivity contribution in [3.8, 4) is 5.75 Å². The van der Waals surface area contributed by atoms with Gasteiger partial charge < -0.3 is 15.2 Å². The molecule has 0 saturated carbocycles. The molecule has 0 atom stereocenters. The van der Waals surface area contributed by atoms with E-state index in [-0.39, 0.29) is 22.8 Å². The molecule has 0 saturated heterocycles. The molecule has 22 heavy (non-hydrogen) atoms. The zero-order valence-corrected chi connectivity index (χ0v) is 11.7. The molecule has 2 rings (SSSR count). The van der Waals surface area contributed by atoms with Crippen molar-refractivity contribution in [2.75, 3.05) is 5.32 Å². The highest BCUT2D eigenvalue weighted by atomic mass is 16.5. The van der Waals surface area contributed by atoms with Gasteiger partial charge >= 0.3 is 11.9 Å². The second kappa shape index (κ2) is 6.53. The van der Waals surface area contributed by atoms with Crippen molar-refractivity contribution < 1.29 is 24.2 Å². The molecule has 0 unspecified atom stereocenters. The van der Waals surface area contributed by atoms with E-state index in [2.05, 4.69) is 5.32 Å². The van der Waals surface area contributed by atoms with Crippen molar-refractivity contribution >= 4 is 23.5 Å². The number of hydrogen-bond acceptors (Lipinski definition) is 4. The monoisotopic (exact) mass is 299 g/mol. The Morgan fingerprint density at radius 2 is 1.64 bits per heavy atom. The van der Waals surface area contributed by atoms with Crippen LogP contribution in [-0.2, 0) is 4.79 Å². The van der Waals surface area contributed by atoms with Crippen LogP contribution in [0.4, 0.5) is 5.69 Å². The van der Waals surface area contributed by atoms with Gasteiger partial charge in [-0.3, -0.25) is 4.79 Å². The first-order chi connectivity index (χ1) is 10.5. The topological polar surface area (TPSA) is 92.7 Å². The van der Waals surface area contributed by atoms with E-state index in [1.807, 2.05) is 0 Å². The number of carbonyl (C=O) groups excluding carboxylic acids is 2. The Morgan fingerprint density at radius 3 is 2.23 bits per heavy atom. The Hall–Kier alpha value is -3.15. The first kappa shape index (κ1) is 15.2. The van der Waals surface area contributed by atoms with Crippen LogP contribution >= 0.6 is 0 Å². The lowest BCUT2D eigenvalue weighted by molar-refractivity contribution is -0.114. The second-order valence-corrected chi connectivity index (χ2v) is 4.45. The van der Waals surface area contributed by atoms with E-state index in [4.69, 9.17) is 9.84 Å². The minimum atomic E-state index is -1.18. The number of nitrogens with one attached hydrogen (secondary N) is 1. The summed E-state index contributed by atoms with van der Waals surface area (Å²) in [6.45, 7) is 1.38. The summed E-state index contributed by atoms with van der Waals surface area (Å²) in [7, 11) is 0. The van der Waals surface area contributed by atoms with Crippen LogP contribution in [0, 0.1) is 0 Å². The number of hydrogen-bond donors (Lipinski definition) is 2. The van der Waals surface area contributed by atoms with E-state index >= 15 is 0 Å². The number of amides is 1. The molecule has 0 aliphatic heterocycles. The van der Waals surface area contributed by atoms with E-state index in [1.165, 1.54) is 31.2 Å². The van der Waals surface area contributed by atoms with Crippen LogP contribution < -0.4 is 10.1 Å². The molecule has 0 fully saturated rings. The fourth-order valence-electron chi connectivity index (χ4n) is 1.78. The number of anilines is 1. The summed E-state index contributed by atoms with van der Waals surface area (Å²) < 4.78 is 5.11. The number of benzene rings is 2. The summed E-state index contributed by atoms with van der Waals surface area (Å²) in [5.74, 6) is -2.09. The Morgan fingerprint density at radius 1 is 1.00 bits per heavy atom.